The number of tetrazole rings is 1. The van der Waals surface area contributed by atoms with E-state index >= 15 is 0 Å². The molecule has 1 N–H and O–H groups in total. The molecule has 1 unspecified atom stereocenters. The number of benzene rings is 3. The van der Waals surface area contributed by atoms with Gasteiger partial charge in [-0.1, -0.05) is 78.9 Å². The molecular weight excluding hydrogens is 472 g/mol. The molecule has 0 amide bonds. The first kappa shape index (κ1) is 25.5. The number of fused-ring (bicyclic) bond motifs is 1. The van der Waals surface area contributed by atoms with E-state index in [-0.39, 0.29) is 11.1 Å². The summed E-state index contributed by atoms with van der Waals surface area (Å²) in [4.78, 5) is 19.2. The van der Waals surface area contributed by atoms with Crippen LogP contribution >= 0.6 is 0 Å². The molecule has 2 aromatic heterocycles. The largest absolute Gasteiger partial charge is 0.321 e. The molecule has 0 bridgehead atoms. The highest BCUT2D eigenvalue weighted by Crippen LogP contribution is 2.31. The first-order chi connectivity index (χ1) is 18.3. The van der Waals surface area contributed by atoms with Gasteiger partial charge in [0.2, 0.25) is 0 Å². The highest BCUT2D eigenvalue weighted by Gasteiger charge is 2.33. The fourth-order valence-electron chi connectivity index (χ4n) is 4.98. The van der Waals surface area contributed by atoms with Gasteiger partial charge in [-0.15, -0.1) is 5.10 Å². The van der Waals surface area contributed by atoms with Gasteiger partial charge in [0.25, 0.3) is 5.56 Å². The summed E-state index contributed by atoms with van der Waals surface area (Å²) < 4.78 is 1.85. The molecule has 5 rings (SSSR count). The van der Waals surface area contributed by atoms with Gasteiger partial charge in [-0.3, -0.25) is 9.69 Å². The molecule has 0 aliphatic rings. The molecular formula is C31H34N6O. The average Bonchev–Trinajstić information content (AvgIpc) is 3.40. The number of pyridine rings is 1. The van der Waals surface area contributed by atoms with Crippen LogP contribution in [0.5, 0.6) is 0 Å². The second-order valence-electron chi connectivity index (χ2n) is 10.8. The van der Waals surface area contributed by atoms with Crippen molar-refractivity contribution in [1.29, 1.82) is 0 Å². The molecule has 1 atom stereocenters. The second kappa shape index (κ2) is 10.7. The first-order valence-electron chi connectivity index (χ1n) is 13.0. The number of aryl methyl sites for hydroxylation is 1. The van der Waals surface area contributed by atoms with Crippen molar-refractivity contribution < 1.29 is 0 Å². The molecule has 0 radical (unpaired) electrons. The van der Waals surface area contributed by atoms with E-state index in [1.807, 2.05) is 60.1 Å². The molecule has 0 aliphatic carbocycles. The quantitative estimate of drug-likeness (QED) is 0.304. The summed E-state index contributed by atoms with van der Waals surface area (Å²) in [5.74, 6) is 0.652. The summed E-state index contributed by atoms with van der Waals surface area (Å²) in [5.41, 5.74) is 4.43. The van der Waals surface area contributed by atoms with Crippen LogP contribution in [-0.2, 0) is 18.5 Å². The molecule has 2 heterocycles. The number of H-pyrrole nitrogens is 1. The van der Waals surface area contributed by atoms with Crippen molar-refractivity contribution in [3.63, 3.8) is 0 Å². The Morgan fingerprint density at radius 3 is 2.29 bits per heavy atom. The van der Waals surface area contributed by atoms with Gasteiger partial charge in [-0.05, 0) is 72.7 Å². The molecule has 7 heteroatoms. The normalized spacial score (nSPS) is 12.8. The van der Waals surface area contributed by atoms with Crippen molar-refractivity contribution in [2.75, 3.05) is 6.54 Å². The van der Waals surface area contributed by atoms with Crippen LogP contribution in [0.25, 0.3) is 10.9 Å². The molecule has 7 nitrogen and oxygen atoms in total. The van der Waals surface area contributed by atoms with E-state index in [9.17, 15) is 4.79 Å². The van der Waals surface area contributed by atoms with Crippen molar-refractivity contribution in [2.45, 2.75) is 52.2 Å². The number of aromatic nitrogens is 5. The maximum atomic E-state index is 13.8. The van der Waals surface area contributed by atoms with Crippen molar-refractivity contribution in [1.82, 2.24) is 30.1 Å². The van der Waals surface area contributed by atoms with Gasteiger partial charge in [-0.25, -0.2) is 4.68 Å². The van der Waals surface area contributed by atoms with E-state index in [0.717, 1.165) is 28.5 Å². The number of rotatable bonds is 8. The topological polar surface area (TPSA) is 79.7 Å². The van der Waals surface area contributed by atoms with Crippen molar-refractivity contribution in [3.05, 3.63) is 123 Å². The minimum absolute atomic E-state index is 0.127. The Hall–Kier alpha value is -4.10. The zero-order valence-corrected chi connectivity index (χ0v) is 22.4. The summed E-state index contributed by atoms with van der Waals surface area (Å²) in [7, 11) is 0. The van der Waals surface area contributed by atoms with Gasteiger partial charge >= 0.3 is 0 Å². The van der Waals surface area contributed by atoms with Gasteiger partial charge in [0.1, 0.15) is 6.04 Å². The van der Waals surface area contributed by atoms with E-state index in [1.165, 1.54) is 5.56 Å². The van der Waals surface area contributed by atoms with Gasteiger partial charge < -0.3 is 4.98 Å². The molecule has 5 aromatic rings. The Morgan fingerprint density at radius 1 is 0.921 bits per heavy atom. The van der Waals surface area contributed by atoms with Crippen LogP contribution in [-0.4, -0.2) is 36.6 Å². The lowest BCUT2D eigenvalue weighted by Gasteiger charge is -2.33. The zero-order valence-electron chi connectivity index (χ0n) is 22.4. The SMILES string of the molecule is Cc1cccc2cc(C(c3nnnn3C(C)(C)C)N(CCc3ccccc3)Cc3ccccc3)c(=O)[nH]c12. The van der Waals surface area contributed by atoms with Gasteiger partial charge in [0.05, 0.1) is 11.1 Å². The lowest BCUT2D eigenvalue weighted by molar-refractivity contribution is 0.195. The summed E-state index contributed by atoms with van der Waals surface area (Å²) in [6.07, 6.45) is 0.825. The molecule has 0 aliphatic heterocycles. The van der Waals surface area contributed by atoms with Crippen LogP contribution in [0.3, 0.4) is 0 Å². The predicted molar refractivity (Wildman–Crippen MR) is 151 cm³/mol. The maximum absolute atomic E-state index is 13.8. The Morgan fingerprint density at radius 2 is 1.61 bits per heavy atom. The average molecular weight is 507 g/mol. The number of aromatic amines is 1. The number of nitrogens with one attached hydrogen (secondary N) is 1. The van der Waals surface area contributed by atoms with Crippen molar-refractivity contribution in [3.8, 4) is 0 Å². The minimum atomic E-state index is -0.457. The highest BCUT2D eigenvalue weighted by molar-refractivity contribution is 5.82. The summed E-state index contributed by atoms with van der Waals surface area (Å²) in [5, 5.41) is 13.9. The highest BCUT2D eigenvalue weighted by atomic mass is 16.1. The molecule has 194 valence electrons. The number of para-hydroxylation sites is 1. The molecule has 3 aromatic carbocycles. The fourth-order valence-corrected chi connectivity index (χ4v) is 4.98. The van der Waals surface area contributed by atoms with E-state index in [0.29, 0.717) is 24.5 Å². The van der Waals surface area contributed by atoms with Gasteiger partial charge in [0.15, 0.2) is 5.82 Å². The van der Waals surface area contributed by atoms with Crippen LogP contribution in [0.1, 0.15) is 54.9 Å². The van der Waals surface area contributed by atoms with Crippen LogP contribution in [0, 0.1) is 6.92 Å². The molecule has 38 heavy (non-hydrogen) atoms. The summed E-state index contributed by atoms with van der Waals surface area (Å²) >= 11 is 0. The Kier molecular flexibility index (Phi) is 7.20. The molecule has 0 fully saturated rings. The van der Waals surface area contributed by atoms with E-state index < -0.39 is 6.04 Å². The van der Waals surface area contributed by atoms with Gasteiger partial charge in [0, 0.05) is 18.7 Å². The molecule has 0 spiro atoms. The zero-order chi connectivity index (χ0) is 26.7. The number of hydrogen-bond donors (Lipinski definition) is 1. The van der Waals surface area contributed by atoms with Crippen molar-refractivity contribution >= 4 is 10.9 Å². The van der Waals surface area contributed by atoms with E-state index in [4.69, 9.17) is 0 Å². The number of nitrogens with zero attached hydrogens (tertiary/aromatic N) is 5. The van der Waals surface area contributed by atoms with Crippen LogP contribution in [0.15, 0.2) is 89.7 Å². The summed E-state index contributed by atoms with van der Waals surface area (Å²) in [6, 6.07) is 28.4. The standard InChI is InChI=1S/C31H34N6O/c1-22-12-11-17-25-20-26(30(38)32-27(22)25)28(29-33-34-35-37(29)31(2,3)4)36(21-24-15-9-6-10-16-24)19-18-23-13-7-5-8-14-23/h5-17,20,28H,18-19,21H2,1-4H3,(H,32,38). The third kappa shape index (κ3) is 5.43. The lowest BCUT2D eigenvalue weighted by Crippen LogP contribution is -2.38. The predicted octanol–water partition coefficient (Wildman–Crippen LogP) is 5.41. The van der Waals surface area contributed by atoms with Crippen LogP contribution < -0.4 is 5.56 Å². The Labute approximate surface area is 223 Å². The van der Waals surface area contributed by atoms with E-state index in [2.05, 4.69) is 82.6 Å². The third-order valence-electron chi connectivity index (χ3n) is 6.91. The molecule has 0 saturated heterocycles. The number of hydrogen-bond acceptors (Lipinski definition) is 5. The minimum Gasteiger partial charge on any atom is -0.321 e. The van der Waals surface area contributed by atoms with Crippen LogP contribution in [0.4, 0.5) is 0 Å². The van der Waals surface area contributed by atoms with Crippen molar-refractivity contribution in [2.24, 2.45) is 0 Å². The Balaban J connectivity index is 1.68. The van der Waals surface area contributed by atoms with Crippen LogP contribution in [0.2, 0.25) is 0 Å². The second-order valence-corrected chi connectivity index (χ2v) is 10.8. The van der Waals surface area contributed by atoms with E-state index in [1.54, 1.807) is 0 Å². The maximum Gasteiger partial charge on any atom is 0.253 e. The van der Waals surface area contributed by atoms with Gasteiger partial charge in [-0.2, -0.15) is 0 Å². The smallest absolute Gasteiger partial charge is 0.253 e. The molecule has 0 saturated carbocycles. The lowest BCUT2D eigenvalue weighted by atomic mass is 9.99. The Bertz CT molecular complexity index is 1570. The first-order valence-corrected chi connectivity index (χ1v) is 13.0. The third-order valence-corrected chi connectivity index (χ3v) is 6.91. The monoisotopic (exact) mass is 506 g/mol. The fraction of sp³-hybridized carbons (Fsp3) is 0.290. The summed E-state index contributed by atoms with van der Waals surface area (Å²) in [6.45, 7) is 9.58.